The van der Waals surface area contributed by atoms with Crippen molar-refractivity contribution in [3.05, 3.63) is 44.7 Å². The molecule has 1 aliphatic carbocycles. The highest BCUT2D eigenvalue weighted by Gasteiger charge is 2.17. The molecule has 0 spiro atoms. The molecular formula is C17H20FN3O3. The summed E-state index contributed by atoms with van der Waals surface area (Å²) in [4.78, 5) is 38.5. The van der Waals surface area contributed by atoms with Crippen molar-refractivity contribution in [1.29, 1.82) is 0 Å². The van der Waals surface area contributed by atoms with Crippen LogP contribution in [0.2, 0.25) is 0 Å². The summed E-state index contributed by atoms with van der Waals surface area (Å²) in [7, 11) is 0. The molecule has 1 heterocycles. The van der Waals surface area contributed by atoms with E-state index in [0.717, 1.165) is 36.3 Å². The molecule has 0 unspecified atom stereocenters. The number of carbonyl (C=O) groups excluding carboxylic acids is 1. The van der Waals surface area contributed by atoms with Gasteiger partial charge in [-0.25, -0.2) is 4.39 Å². The predicted octanol–water partition coefficient (Wildman–Crippen LogP) is 1.67. The number of hydrogen-bond donors (Lipinski definition) is 2. The highest BCUT2D eigenvalue weighted by molar-refractivity contribution is 5.80. The van der Waals surface area contributed by atoms with Crippen LogP contribution in [-0.4, -0.2) is 21.5 Å². The molecule has 2 N–H and O–H groups in total. The number of halogens is 1. The highest BCUT2D eigenvalue weighted by atomic mass is 19.1. The lowest BCUT2D eigenvalue weighted by Gasteiger charge is -2.17. The summed E-state index contributed by atoms with van der Waals surface area (Å²) in [6.07, 6.45) is 6.38. The molecule has 0 bridgehead atoms. The summed E-state index contributed by atoms with van der Waals surface area (Å²) >= 11 is 0. The second kappa shape index (κ2) is 6.98. The van der Waals surface area contributed by atoms with Crippen molar-refractivity contribution in [1.82, 2.24) is 14.9 Å². The van der Waals surface area contributed by atoms with Crippen LogP contribution in [0.3, 0.4) is 0 Å². The number of nitrogens with one attached hydrogen (secondary N) is 2. The smallest absolute Gasteiger partial charge is 0.317 e. The monoisotopic (exact) mass is 333 g/mol. The number of aromatic nitrogens is 2. The normalized spacial score (nSPS) is 16.0. The molecule has 1 aliphatic rings. The highest BCUT2D eigenvalue weighted by Crippen LogP contribution is 2.17. The second-order valence-corrected chi connectivity index (χ2v) is 6.26. The third kappa shape index (κ3) is 3.55. The molecule has 7 heteroatoms. The molecule has 3 rings (SSSR count). The van der Waals surface area contributed by atoms with Crippen molar-refractivity contribution >= 4 is 16.9 Å². The lowest BCUT2D eigenvalue weighted by molar-refractivity contribution is -0.122. The molecule has 0 atom stereocenters. The van der Waals surface area contributed by atoms with Gasteiger partial charge in [0.2, 0.25) is 5.91 Å². The van der Waals surface area contributed by atoms with Crippen molar-refractivity contribution in [3.8, 4) is 0 Å². The lowest BCUT2D eigenvalue weighted by Crippen LogP contribution is -2.42. The van der Waals surface area contributed by atoms with Crippen LogP contribution in [0.4, 0.5) is 4.39 Å². The number of carbonyl (C=O) groups is 1. The minimum absolute atomic E-state index is 0.112. The number of fused-ring (bicyclic) bond motifs is 1. The maximum atomic E-state index is 13.3. The van der Waals surface area contributed by atoms with Gasteiger partial charge in [0, 0.05) is 6.04 Å². The summed E-state index contributed by atoms with van der Waals surface area (Å²) in [5.41, 5.74) is -1.15. The second-order valence-electron chi connectivity index (χ2n) is 6.26. The average Bonchev–Trinajstić information content (AvgIpc) is 2.80. The topological polar surface area (TPSA) is 84.0 Å². The number of rotatable bonds is 3. The average molecular weight is 333 g/mol. The first-order valence-corrected chi connectivity index (χ1v) is 8.26. The number of amides is 1. The van der Waals surface area contributed by atoms with Gasteiger partial charge in [-0.2, -0.15) is 0 Å². The van der Waals surface area contributed by atoms with E-state index in [1.807, 2.05) is 0 Å². The summed E-state index contributed by atoms with van der Waals surface area (Å²) in [6, 6.07) is 3.83. The van der Waals surface area contributed by atoms with E-state index in [-0.39, 0.29) is 24.0 Å². The van der Waals surface area contributed by atoms with E-state index in [1.54, 1.807) is 0 Å². The van der Waals surface area contributed by atoms with Crippen LogP contribution in [0.15, 0.2) is 27.8 Å². The molecular weight excluding hydrogens is 313 g/mol. The molecule has 24 heavy (non-hydrogen) atoms. The van der Waals surface area contributed by atoms with Crippen molar-refractivity contribution in [3.63, 3.8) is 0 Å². The predicted molar refractivity (Wildman–Crippen MR) is 88.4 cm³/mol. The zero-order valence-electron chi connectivity index (χ0n) is 13.3. The largest absolute Gasteiger partial charge is 0.352 e. The first-order valence-electron chi connectivity index (χ1n) is 8.26. The molecule has 1 saturated carbocycles. The molecule has 0 radical (unpaired) electrons. The van der Waals surface area contributed by atoms with Crippen molar-refractivity contribution < 1.29 is 9.18 Å². The van der Waals surface area contributed by atoms with Crippen LogP contribution in [0.5, 0.6) is 0 Å². The molecule has 2 aromatic rings. The molecule has 0 aliphatic heterocycles. The summed E-state index contributed by atoms with van der Waals surface area (Å²) in [5, 5.41) is 2.95. The summed E-state index contributed by atoms with van der Waals surface area (Å²) in [5.74, 6) is -0.827. The third-order valence-corrected chi connectivity index (χ3v) is 4.46. The fourth-order valence-corrected chi connectivity index (χ4v) is 3.25. The zero-order chi connectivity index (χ0) is 17.1. The van der Waals surface area contributed by atoms with Crippen LogP contribution < -0.4 is 16.4 Å². The Kier molecular flexibility index (Phi) is 4.78. The van der Waals surface area contributed by atoms with Crippen molar-refractivity contribution in [2.75, 3.05) is 0 Å². The Morgan fingerprint density at radius 3 is 2.62 bits per heavy atom. The van der Waals surface area contributed by atoms with E-state index < -0.39 is 16.9 Å². The van der Waals surface area contributed by atoms with Gasteiger partial charge in [-0.05, 0) is 31.0 Å². The van der Waals surface area contributed by atoms with Crippen LogP contribution in [-0.2, 0) is 11.3 Å². The Balaban J connectivity index is 1.86. The van der Waals surface area contributed by atoms with Gasteiger partial charge < -0.3 is 10.3 Å². The van der Waals surface area contributed by atoms with Gasteiger partial charge in [0.05, 0.1) is 11.0 Å². The van der Waals surface area contributed by atoms with Crippen LogP contribution in [0.1, 0.15) is 38.5 Å². The van der Waals surface area contributed by atoms with Gasteiger partial charge in [-0.15, -0.1) is 0 Å². The van der Waals surface area contributed by atoms with E-state index in [2.05, 4.69) is 10.3 Å². The van der Waals surface area contributed by atoms with Gasteiger partial charge >= 0.3 is 11.1 Å². The quantitative estimate of drug-likeness (QED) is 0.662. The zero-order valence-corrected chi connectivity index (χ0v) is 13.3. The summed E-state index contributed by atoms with van der Waals surface area (Å²) < 4.78 is 14.4. The van der Waals surface area contributed by atoms with Crippen LogP contribution >= 0.6 is 0 Å². The van der Waals surface area contributed by atoms with Gasteiger partial charge in [0.1, 0.15) is 12.4 Å². The van der Waals surface area contributed by atoms with Gasteiger partial charge in [0.25, 0.3) is 0 Å². The molecule has 6 nitrogen and oxygen atoms in total. The number of aromatic amines is 1. The Bertz CT molecular complexity index is 863. The standard InChI is InChI=1S/C17H20FN3O3/c18-11-7-8-14-13(9-11)20-16(23)17(24)21(14)10-15(22)19-12-5-3-1-2-4-6-12/h7-9,12H,1-6,10H2,(H,19,22)(H,20,23). The number of H-pyrrole nitrogens is 1. The molecule has 1 aromatic heterocycles. The van der Waals surface area contributed by atoms with Crippen LogP contribution in [0.25, 0.3) is 11.0 Å². The lowest BCUT2D eigenvalue weighted by atomic mass is 10.1. The minimum Gasteiger partial charge on any atom is -0.352 e. The molecule has 1 amide bonds. The Labute approximate surface area is 137 Å². The first-order chi connectivity index (χ1) is 11.5. The fourth-order valence-electron chi connectivity index (χ4n) is 3.25. The van der Waals surface area contributed by atoms with Gasteiger partial charge in [-0.1, -0.05) is 25.7 Å². The van der Waals surface area contributed by atoms with E-state index >= 15 is 0 Å². The number of nitrogens with zero attached hydrogens (tertiary/aromatic N) is 1. The Morgan fingerprint density at radius 2 is 1.92 bits per heavy atom. The van der Waals surface area contributed by atoms with Crippen molar-refractivity contribution in [2.45, 2.75) is 51.1 Å². The molecule has 1 aromatic carbocycles. The van der Waals surface area contributed by atoms with Crippen LogP contribution in [0, 0.1) is 5.82 Å². The number of benzene rings is 1. The minimum atomic E-state index is -0.865. The van der Waals surface area contributed by atoms with E-state index in [0.29, 0.717) is 5.52 Å². The molecule has 1 fully saturated rings. The number of hydrogen-bond acceptors (Lipinski definition) is 3. The SMILES string of the molecule is O=C(Cn1c(=O)c(=O)[nH]c2cc(F)ccc21)NC1CCCCCC1. The first kappa shape index (κ1) is 16.4. The Hall–Kier alpha value is -2.44. The van der Waals surface area contributed by atoms with E-state index in [4.69, 9.17) is 0 Å². The fraction of sp³-hybridized carbons (Fsp3) is 0.471. The van der Waals surface area contributed by atoms with E-state index in [1.165, 1.54) is 25.0 Å². The van der Waals surface area contributed by atoms with Gasteiger partial charge in [0.15, 0.2) is 0 Å². The van der Waals surface area contributed by atoms with E-state index in [9.17, 15) is 18.8 Å². The van der Waals surface area contributed by atoms with Crippen molar-refractivity contribution in [2.24, 2.45) is 0 Å². The maximum Gasteiger partial charge on any atom is 0.317 e. The summed E-state index contributed by atoms with van der Waals surface area (Å²) in [6.45, 7) is -0.249. The third-order valence-electron chi connectivity index (χ3n) is 4.46. The Morgan fingerprint density at radius 1 is 1.21 bits per heavy atom. The van der Waals surface area contributed by atoms with Gasteiger partial charge in [-0.3, -0.25) is 19.0 Å². The molecule has 0 saturated heterocycles. The maximum absolute atomic E-state index is 13.3. The molecule has 128 valence electrons.